The van der Waals surface area contributed by atoms with Crippen LogP contribution in [0, 0.1) is 11.3 Å². The number of anilines is 1. The van der Waals surface area contributed by atoms with E-state index in [4.69, 9.17) is 9.81 Å². The van der Waals surface area contributed by atoms with Gasteiger partial charge in [-0.1, -0.05) is 6.07 Å². The molecule has 0 fully saturated rings. The third-order valence-electron chi connectivity index (χ3n) is 2.88. The molecule has 0 radical (unpaired) electrons. The number of nitrogens with zero attached hydrogens (tertiary/aromatic N) is 2. The number of nitriles is 1. The standard InChI is InChI=1S/C14H17N3O4S/c1-3-17(4-2)10-11(9-15)14(18)16-12-6-5-7-13(8-12)22(19,20)21/h5-8,10H,3-4H2,1-2H3,(H,16,18)(H,19,20,21)/b11-10-. The summed E-state index contributed by atoms with van der Waals surface area (Å²) in [6.07, 6.45) is 1.45. The van der Waals surface area contributed by atoms with Gasteiger partial charge in [0, 0.05) is 25.0 Å². The number of amides is 1. The second kappa shape index (κ2) is 7.59. The van der Waals surface area contributed by atoms with Crippen molar-refractivity contribution in [2.24, 2.45) is 0 Å². The van der Waals surface area contributed by atoms with Gasteiger partial charge in [0.15, 0.2) is 0 Å². The van der Waals surface area contributed by atoms with Gasteiger partial charge >= 0.3 is 0 Å². The summed E-state index contributed by atoms with van der Waals surface area (Å²) in [5, 5.41) is 11.5. The van der Waals surface area contributed by atoms with Crippen LogP contribution in [0.25, 0.3) is 0 Å². The van der Waals surface area contributed by atoms with Gasteiger partial charge < -0.3 is 10.2 Å². The van der Waals surface area contributed by atoms with Gasteiger partial charge in [0.2, 0.25) is 0 Å². The van der Waals surface area contributed by atoms with Crippen LogP contribution in [0.2, 0.25) is 0 Å². The third-order valence-corrected chi connectivity index (χ3v) is 3.73. The molecule has 1 aromatic rings. The van der Waals surface area contributed by atoms with Crippen LogP contribution in [-0.4, -0.2) is 36.9 Å². The molecule has 0 atom stereocenters. The molecule has 0 bridgehead atoms. The van der Waals surface area contributed by atoms with Crippen molar-refractivity contribution in [3.63, 3.8) is 0 Å². The van der Waals surface area contributed by atoms with Gasteiger partial charge in [-0.05, 0) is 32.0 Å². The summed E-state index contributed by atoms with van der Waals surface area (Å²) < 4.78 is 31.1. The molecule has 0 aromatic heterocycles. The first-order valence-electron chi connectivity index (χ1n) is 6.56. The van der Waals surface area contributed by atoms with Gasteiger partial charge in [0.25, 0.3) is 16.0 Å². The van der Waals surface area contributed by atoms with E-state index in [1.54, 1.807) is 11.0 Å². The maximum Gasteiger partial charge on any atom is 0.294 e. The fraction of sp³-hybridized carbons (Fsp3) is 0.286. The predicted molar refractivity (Wildman–Crippen MR) is 81.5 cm³/mol. The Hall–Kier alpha value is -2.37. The first-order chi connectivity index (χ1) is 10.3. The molecule has 0 aliphatic carbocycles. The Morgan fingerprint density at radius 2 is 2.05 bits per heavy atom. The van der Waals surface area contributed by atoms with Crippen molar-refractivity contribution >= 4 is 21.7 Å². The molecule has 1 rings (SSSR count). The van der Waals surface area contributed by atoms with E-state index in [2.05, 4.69) is 5.32 Å². The van der Waals surface area contributed by atoms with Crippen molar-refractivity contribution in [1.29, 1.82) is 5.26 Å². The highest BCUT2D eigenvalue weighted by Crippen LogP contribution is 2.16. The minimum atomic E-state index is -4.35. The third kappa shape index (κ3) is 4.87. The molecule has 118 valence electrons. The fourth-order valence-electron chi connectivity index (χ4n) is 1.66. The summed E-state index contributed by atoms with van der Waals surface area (Å²) >= 11 is 0. The van der Waals surface area contributed by atoms with Crippen molar-refractivity contribution in [2.75, 3.05) is 18.4 Å². The summed E-state index contributed by atoms with van der Waals surface area (Å²) in [5.74, 6) is -0.651. The average molecular weight is 323 g/mol. The number of hydrogen-bond donors (Lipinski definition) is 2. The number of carbonyl (C=O) groups is 1. The molecule has 1 aromatic carbocycles. The SMILES string of the molecule is CCN(/C=C(/C#N)C(=O)Nc1cccc(S(=O)(=O)O)c1)CC. The number of carbonyl (C=O) groups excluding carboxylic acids is 1. The topological polar surface area (TPSA) is 111 Å². The normalized spacial score (nSPS) is 11.6. The largest absolute Gasteiger partial charge is 0.377 e. The molecule has 22 heavy (non-hydrogen) atoms. The highest BCUT2D eigenvalue weighted by Gasteiger charge is 2.13. The van der Waals surface area contributed by atoms with E-state index in [0.29, 0.717) is 13.1 Å². The minimum Gasteiger partial charge on any atom is -0.377 e. The smallest absolute Gasteiger partial charge is 0.294 e. The van der Waals surface area contributed by atoms with E-state index in [-0.39, 0.29) is 16.2 Å². The van der Waals surface area contributed by atoms with Crippen molar-refractivity contribution in [3.8, 4) is 6.07 Å². The van der Waals surface area contributed by atoms with E-state index < -0.39 is 16.0 Å². The number of hydrogen-bond acceptors (Lipinski definition) is 5. The lowest BCUT2D eigenvalue weighted by atomic mass is 10.2. The van der Waals surface area contributed by atoms with E-state index in [0.717, 1.165) is 6.07 Å². The zero-order chi connectivity index (χ0) is 16.8. The first-order valence-corrected chi connectivity index (χ1v) is 8.00. The lowest BCUT2D eigenvalue weighted by Gasteiger charge is -2.15. The maximum absolute atomic E-state index is 12.0. The van der Waals surface area contributed by atoms with Crippen LogP contribution < -0.4 is 5.32 Å². The molecular weight excluding hydrogens is 306 g/mol. The lowest BCUT2D eigenvalue weighted by Crippen LogP contribution is -2.20. The summed E-state index contributed by atoms with van der Waals surface area (Å²) in [6, 6.07) is 6.94. The quantitative estimate of drug-likeness (QED) is 0.467. The monoisotopic (exact) mass is 323 g/mol. The Morgan fingerprint density at radius 3 is 2.55 bits per heavy atom. The van der Waals surface area contributed by atoms with E-state index >= 15 is 0 Å². The molecule has 0 aliphatic heterocycles. The molecular formula is C14H17N3O4S. The van der Waals surface area contributed by atoms with Crippen molar-refractivity contribution < 1.29 is 17.8 Å². The van der Waals surface area contributed by atoms with Crippen molar-refractivity contribution in [3.05, 3.63) is 36.0 Å². The Balaban J connectivity index is 2.99. The van der Waals surface area contributed by atoms with E-state index in [9.17, 15) is 13.2 Å². The molecule has 0 unspecified atom stereocenters. The summed E-state index contributed by atoms with van der Waals surface area (Å²) in [7, 11) is -4.35. The minimum absolute atomic E-state index is 0.0963. The molecule has 0 saturated carbocycles. The maximum atomic E-state index is 12.0. The highest BCUT2D eigenvalue weighted by molar-refractivity contribution is 7.85. The van der Waals surface area contributed by atoms with Crippen molar-refractivity contribution in [1.82, 2.24) is 4.90 Å². The highest BCUT2D eigenvalue weighted by atomic mass is 32.2. The molecule has 7 nitrogen and oxygen atoms in total. The average Bonchev–Trinajstić information content (AvgIpc) is 2.48. The van der Waals surface area contributed by atoms with Crippen LogP contribution in [0.4, 0.5) is 5.69 Å². The zero-order valence-corrected chi connectivity index (χ0v) is 13.1. The summed E-state index contributed by atoms with van der Waals surface area (Å²) in [6.45, 7) is 5.07. The molecule has 0 aliphatic rings. The van der Waals surface area contributed by atoms with E-state index in [1.807, 2.05) is 13.8 Å². The van der Waals surface area contributed by atoms with Gasteiger partial charge in [-0.25, -0.2) is 0 Å². The molecule has 2 N–H and O–H groups in total. The van der Waals surface area contributed by atoms with Crippen molar-refractivity contribution in [2.45, 2.75) is 18.7 Å². The van der Waals surface area contributed by atoms with Crippen LogP contribution in [0.3, 0.4) is 0 Å². The summed E-state index contributed by atoms with van der Waals surface area (Å²) in [4.78, 5) is 13.5. The van der Waals surface area contributed by atoms with Crippen LogP contribution in [0.5, 0.6) is 0 Å². The van der Waals surface area contributed by atoms with Crippen LogP contribution >= 0.6 is 0 Å². The van der Waals surface area contributed by atoms with Gasteiger partial charge in [0.1, 0.15) is 11.6 Å². The molecule has 0 heterocycles. The Labute approximate surface area is 129 Å². The molecule has 8 heteroatoms. The lowest BCUT2D eigenvalue weighted by molar-refractivity contribution is -0.112. The van der Waals surface area contributed by atoms with Gasteiger partial charge in [-0.2, -0.15) is 13.7 Å². The predicted octanol–water partition coefficient (Wildman–Crippen LogP) is 1.62. The van der Waals surface area contributed by atoms with E-state index in [1.165, 1.54) is 24.4 Å². The Bertz CT molecular complexity index is 716. The van der Waals surface area contributed by atoms with Gasteiger partial charge in [-0.3, -0.25) is 9.35 Å². The fourth-order valence-corrected chi connectivity index (χ4v) is 2.19. The zero-order valence-electron chi connectivity index (χ0n) is 12.3. The second-order valence-corrected chi connectivity index (χ2v) is 5.75. The molecule has 0 saturated heterocycles. The van der Waals surface area contributed by atoms with Crippen LogP contribution in [0.15, 0.2) is 40.9 Å². The number of nitrogens with one attached hydrogen (secondary N) is 1. The van der Waals surface area contributed by atoms with Gasteiger partial charge in [0.05, 0.1) is 4.90 Å². The van der Waals surface area contributed by atoms with Crippen LogP contribution in [0.1, 0.15) is 13.8 Å². The Kier molecular flexibility index (Phi) is 6.10. The Morgan fingerprint density at radius 1 is 1.41 bits per heavy atom. The van der Waals surface area contributed by atoms with Crippen LogP contribution in [-0.2, 0) is 14.9 Å². The second-order valence-electron chi connectivity index (χ2n) is 4.33. The summed E-state index contributed by atoms with van der Waals surface area (Å²) in [5.41, 5.74) is 0.0711. The first kappa shape index (κ1) is 17.7. The molecule has 0 spiro atoms. The number of rotatable bonds is 6. The number of benzene rings is 1. The molecule has 1 amide bonds. The van der Waals surface area contributed by atoms with Gasteiger partial charge in [-0.15, -0.1) is 0 Å².